The van der Waals surface area contributed by atoms with Gasteiger partial charge in [0, 0.05) is 19.3 Å². The fourth-order valence-electron chi connectivity index (χ4n) is 1.92. The number of aryl methyl sites for hydroxylation is 2. The molecular weight excluding hydrogens is 300 g/mol. The molecule has 0 radical (unpaired) electrons. The molecule has 1 amide bonds. The van der Waals surface area contributed by atoms with E-state index in [2.05, 4.69) is 27.4 Å². The van der Waals surface area contributed by atoms with Gasteiger partial charge >= 0.3 is 0 Å². The van der Waals surface area contributed by atoms with Crippen LogP contribution in [0.2, 0.25) is 0 Å². The molecule has 0 aliphatic carbocycles. The number of carbonyl (C=O) groups excluding carboxylic acids is 1. The van der Waals surface area contributed by atoms with Crippen LogP contribution in [-0.4, -0.2) is 27.3 Å². The zero-order chi connectivity index (χ0) is 15.8. The van der Waals surface area contributed by atoms with Crippen molar-refractivity contribution >= 4 is 23.4 Å². The van der Waals surface area contributed by atoms with Crippen molar-refractivity contribution < 1.29 is 9.32 Å². The van der Waals surface area contributed by atoms with Crippen molar-refractivity contribution in [2.24, 2.45) is 0 Å². The van der Waals surface area contributed by atoms with Gasteiger partial charge in [0.05, 0.1) is 16.9 Å². The Kier molecular flexibility index (Phi) is 6.39. The number of anilines is 1. The van der Waals surface area contributed by atoms with E-state index in [1.54, 1.807) is 18.0 Å². The highest BCUT2D eigenvalue weighted by Crippen LogP contribution is 2.14. The third-order valence-electron chi connectivity index (χ3n) is 3.01. The van der Waals surface area contributed by atoms with E-state index in [1.807, 2.05) is 18.4 Å². The van der Waals surface area contributed by atoms with Gasteiger partial charge in [-0.1, -0.05) is 12.1 Å². The smallest absolute Gasteiger partial charge is 0.226 e. The van der Waals surface area contributed by atoms with Gasteiger partial charge < -0.3 is 9.84 Å². The van der Waals surface area contributed by atoms with Crippen molar-refractivity contribution in [3.8, 4) is 0 Å². The first-order valence-electron chi connectivity index (χ1n) is 7.32. The summed E-state index contributed by atoms with van der Waals surface area (Å²) in [4.78, 5) is 20.3. The fraction of sp³-hybridized carbons (Fsp3) is 0.467. The van der Waals surface area contributed by atoms with Crippen LogP contribution in [0.25, 0.3) is 0 Å². The topological polar surface area (TPSA) is 80.9 Å². The maximum atomic E-state index is 11.9. The molecule has 0 bridgehead atoms. The van der Waals surface area contributed by atoms with Crippen LogP contribution in [0.1, 0.15) is 37.9 Å². The average molecular weight is 320 g/mol. The van der Waals surface area contributed by atoms with Crippen LogP contribution in [0.3, 0.4) is 0 Å². The predicted octanol–water partition coefficient (Wildman–Crippen LogP) is 3.10. The first-order chi connectivity index (χ1) is 10.7. The van der Waals surface area contributed by atoms with Crippen molar-refractivity contribution in [1.29, 1.82) is 0 Å². The number of thioether (sulfide) groups is 1. The van der Waals surface area contributed by atoms with Crippen molar-refractivity contribution in [2.75, 3.05) is 11.6 Å². The molecule has 22 heavy (non-hydrogen) atoms. The largest absolute Gasteiger partial charge is 0.339 e. The normalized spacial score (nSPS) is 10.6. The van der Waals surface area contributed by atoms with Crippen LogP contribution in [0.4, 0.5) is 5.69 Å². The second-order valence-corrected chi connectivity index (χ2v) is 5.67. The van der Waals surface area contributed by atoms with E-state index >= 15 is 0 Å². The van der Waals surface area contributed by atoms with Crippen LogP contribution >= 0.6 is 11.8 Å². The maximum absolute atomic E-state index is 11.9. The predicted molar refractivity (Wildman–Crippen MR) is 85.9 cm³/mol. The Morgan fingerprint density at radius 2 is 2.23 bits per heavy atom. The van der Waals surface area contributed by atoms with Gasteiger partial charge in [-0.3, -0.25) is 4.79 Å². The first kappa shape index (κ1) is 16.5. The van der Waals surface area contributed by atoms with Crippen LogP contribution in [-0.2, 0) is 17.6 Å². The maximum Gasteiger partial charge on any atom is 0.226 e. The van der Waals surface area contributed by atoms with E-state index in [-0.39, 0.29) is 5.91 Å². The third-order valence-corrected chi connectivity index (χ3v) is 3.67. The molecule has 2 aromatic heterocycles. The molecule has 0 aromatic carbocycles. The molecule has 0 aliphatic rings. The number of carbonyl (C=O) groups is 1. The number of nitrogens with one attached hydrogen (secondary N) is 1. The van der Waals surface area contributed by atoms with Gasteiger partial charge in [0.1, 0.15) is 0 Å². The quantitative estimate of drug-likeness (QED) is 0.753. The number of hydrogen-bond acceptors (Lipinski definition) is 6. The molecule has 0 unspecified atom stereocenters. The molecule has 2 rings (SSSR count). The van der Waals surface area contributed by atoms with Crippen molar-refractivity contribution in [3.63, 3.8) is 0 Å². The molecule has 0 atom stereocenters. The van der Waals surface area contributed by atoms with Crippen molar-refractivity contribution in [3.05, 3.63) is 30.0 Å². The van der Waals surface area contributed by atoms with Gasteiger partial charge in [-0.05, 0) is 31.2 Å². The number of hydrogen-bond donors (Lipinski definition) is 1. The third kappa shape index (κ3) is 5.14. The molecule has 0 aliphatic heterocycles. The molecule has 7 heteroatoms. The molecule has 0 saturated heterocycles. The Hall–Kier alpha value is -1.89. The lowest BCUT2D eigenvalue weighted by atomic mass is 10.2. The molecule has 6 nitrogen and oxygen atoms in total. The SMILES string of the molecule is CCCc1noc(CCCC(=O)Nc2ccc(SC)nc2)n1. The lowest BCUT2D eigenvalue weighted by Crippen LogP contribution is -2.11. The summed E-state index contributed by atoms with van der Waals surface area (Å²) in [5.41, 5.74) is 0.714. The van der Waals surface area contributed by atoms with E-state index in [1.165, 1.54) is 0 Å². The summed E-state index contributed by atoms with van der Waals surface area (Å²) in [6.07, 6.45) is 7.15. The highest BCUT2D eigenvalue weighted by atomic mass is 32.2. The Morgan fingerprint density at radius 3 is 2.91 bits per heavy atom. The lowest BCUT2D eigenvalue weighted by Gasteiger charge is -2.04. The fourth-order valence-corrected chi connectivity index (χ4v) is 2.28. The van der Waals surface area contributed by atoms with Crippen molar-refractivity contribution in [1.82, 2.24) is 15.1 Å². The Morgan fingerprint density at radius 1 is 1.36 bits per heavy atom. The van der Waals surface area contributed by atoms with E-state index < -0.39 is 0 Å². The van der Waals surface area contributed by atoms with Gasteiger partial charge in [0.2, 0.25) is 11.8 Å². The van der Waals surface area contributed by atoms with Gasteiger partial charge in [0.15, 0.2) is 5.82 Å². The summed E-state index contributed by atoms with van der Waals surface area (Å²) in [5.74, 6) is 1.30. The summed E-state index contributed by atoms with van der Waals surface area (Å²) in [6, 6.07) is 3.74. The minimum Gasteiger partial charge on any atom is -0.339 e. The van der Waals surface area contributed by atoms with Crippen LogP contribution in [0.5, 0.6) is 0 Å². The molecule has 0 spiro atoms. The van der Waals surface area contributed by atoms with Crippen LogP contribution < -0.4 is 5.32 Å². The van der Waals surface area contributed by atoms with Gasteiger partial charge in [0.25, 0.3) is 0 Å². The summed E-state index contributed by atoms with van der Waals surface area (Å²) < 4.78 is 5.14. The van der Waals surface area contributed by atoms with Crippen molar-refractivity contribution in [2.45, 2.75) is 44.1 Å². The minimum atomic E-state index is -0.0352. The summed E-state index contributed by atoms with van der Waals surface area (Å²) >= 11 is 1.57. The molecule has 118 valence electrons. The Bertz CT molecular complexity index is 598. The lowest BCUT2D eigenvalue weighted by molar-refractivity contribution is -0.116. The molecule has 2 aromatic rings. The van der Waals surface area contributed by atoms with Crippen LogP contribution in [0.15, 0.2) is 27.9 Å². The highest BCUT2D eigenvalue weighted by Gasteiger charge is 2.08. The number of rotatable bonds is 8. The number of aromatic nitrogens is 3. The highest BCUT2D eigenvalue weighted by molar-refractivity contribution is 7.98. The monoisotopic (exact) mass is 320 g/mol. The average Bonchev–Trinajstić information content (AvgIpc) is 2.96. The van der Waals surface area contributed by atoms with Gasteiger partial charge in [-0.2, -0.15) is 4.98 Å². The van der Waals surface area contributed by atoms with E-state index in [0.717, 1.165) is 23.7 Å². The summed E-state index contributed by atoms with van der Waals surface area (Å²) in [6.45, 7) is 2.07. The second-order valence-electron chi connectivity index (χ2n) is 4.85. The number of nitrogens with zero attached hydrogens (tertiary/aromatic N) is 3. The minimum absolute atomic E-state index is 0.0352. The molecule has 0 saturated carbocycles. The van der Waals surface area contributed by atoms with E-state index in [0.29, 0.717) is 30.8 Å². The first-order valence-corrected chi connectivity index (χ1v) is 8.55. The Balaban J connectivity index is 1.72. The van der Waals surface area contributed by atoms with Crippen LogP contribution in [0, 0.1) is 0 Å². The molecule has 2 heterocycles. The summed E-state index contributed by atoms with van der Waals surface area (Å²) in [7, 11) is 0. The molecular formula is C15H20N4O2S. The number of pyridine rings is 1. The molecule has 0 fully saturated rings. The Labute approximate surface area is 134 Å². The van der Waals surface area contributed by atoms with Gasteiger partial charge in [-0.25, -0.2) is 4.98 Å². The van der Waals surface area contributed by atoms with E-state index in [9.17, 15) is 4.79 Å². The van der Waals surface area contributed by atoms with E-state index in [4.69, 9.17) is 4.52 Å². The number of amides is 1. The zero-order valence-electron chi connectivity index (χ0n) is 12.8. The molecule has 1 N–H and O–H groups in total. The summed E-state index contributed by atoms with van der Waals surface area (Å²) in [5, 5.41) is 7.65. The van der Waals surface area contributed by atoms with Gasteiger partial charge in [-0.15, -0.1) is 11.8 Å². The second kappa shape index (κ2) is 8.53. The zero-order valence-corrected chi connectivity index (χ0v) is 13.7. The standard InChI is InChI=1S/C15H20N4O2S/c1-3-5-12-18-14(21-19-12)7-4-6-13(20)17-11-8-9-15(22-2)16-10-11/h8-10H,3-7H2,1-2H3,(H,17,20).